The number of carbonyl (C=O) groups is 2. The number of likely N-dealkylation sites (tertiary alicyclic amines) is 1. The summed E-state index contributed by atoms with van der Waals surface area (Å²) in [5, 5.41) is 12.8. The van der Waals surface area contributed by atoms with Crippen molar-refractivity contribution >= 4 is 40.4 Å². The molecule has 1 aromatic heterocycles. The molecular weight excluding hydrogens is 448 g/mol. The van der Waals surface area contributed by atoms with E-state index >= 15 is 0 Å². The molecule has 0 saturated carbocycles. The van der Waals surface area contributed by atoms with Crippen LogP contribution in [0.5, 0.6) is 5.75 Å². The average molecular weight is 471 g/mol. The van der Waals surface area contributed by atoms with Crippen LogP contribution in [0.1, 0.15) is 39.1 Å². The minimum absolute atomic E-state index is 0.0816. The van der Waals surface area contributed by atoms with Gasteiger partial charge in [0.2, 0.25) is 10.9 Å². The van der Waals surface area contributed by atoms with E-state index in [4.69, 9.17) is 16.3 Å². The van der Waals surface area contributed by atoms with Gasteiger partial charge in [0.05, 0.1) is 13.5 Å². The van der Waals surface area contributed by atoms with Gasteiger partial charge >= 0.3 is 0 Å². The molecular formula is C23H23ClN4O3S. The molecule has 3 aromatic rings. The molecule has 0 radical (unpaired) electrons. The van der Waals surface area contributed by atoms with Gasteiger partial charge in [-0.25, -0.2) is 0 Å². The highest BCUT2D eigenvalue weighted by Gasteiger charge is 2.28. The monoisotopic (exact) mass is 470 g/mol. The van der Waals surface area contributed by atoms with Crippen molar-refractivity contribution in [3.8, 4) is 5.75 Å². The molecule has 7 nitrogen and oxygen atoms in total. The SMILES string of the molecule is COc1ccc(CC(=O)N2CCC[C@H](c3nnc(C(=O)Nc4ccc(Cl)cc4)s3)C2)cc1. The summed E-state index contributed by atoms with van der Waals surface area (Å²) in [6, 6.07) is 14.4. The number of carbonyl (C=O) groups excluding carboxylic acids is 2. The highest BCUT2D eigenvalue weighted by atomic mass is 35.5. The van der Waals surface area contributed by atoms with Crippen LogP contribution in [0, 0.1) is 0 Å². The van der Waals surface area contributed by atoms with E-state index in [9.17, 15) is 9.59 Å². The number of hydrogen-bond donors (Lipinski definition) is 1. The van der Waals surface area contributed by atoms with Crippen molar-refractivity contribution in [1.82, 2.24) is 15.1 Å². The molecule has 1 saturated heterocycles. The summed E-state index contributed by atoms with van der Waals surface area (Å²) in [5.41, 5.74) is 1.60. The standard InChI is InChI=1S/C23H23ClN4O3S/c1-31-19-10-4-15(5-11-19)13-20(29)28-12-2-3-16(14-28)22-26-27-23(32-22)21(30)25-18-8-6-17(24)7-9-18/h4-11,16H,2-3,12-14H2,1H3,(H,25,30)/t16-/m0/s1. The van der Waals surface area contributed by atoms with Crippen molar-refractivity contribution in [2.24, 2.45) is 0 Å². The second-order valence-corrected chi connectivity index (χ2v) is 9.06. The molecule has 32 heavy (non-hydrogen) atoms. The molecule has 0 spiro atoms. The van der Waals surface area contributed by atoms with Crippen molar-refractivity contribution in [3.05, 3.63) is 69.1 Å². The molecule has 1 N–H and O–H groups in total. The Morgan fingerprint density at radius 3 is 2.62 bits per heavy atom. The molecule has 0 bridgehead atoms. The molecule has 2 aromatic carbocycles. The lowest BCUT2D eigenvalue weighted by atomic mass is 9.98. The summed E-state index contributed by atoms with van der Waals surface area (Å²) >= 11 is 7.16. The number of nitrogens with zero attached hydrogens (tertiary/aromatic N) is 3. The molecule has 4 rings (SSSR count). The third-order valence-electron chi connectivity index (χ3n) is 5.37. The maximum atomic E-state index is 12.8. The molecule has 1 atom stereocenters. The van der Waals surface area contributed by atoms with Crippen LogP contribution in [0.25, 0.3) is 0 Å². The minimum atomic E-state index is -0.306. The average Bonchev–Trinajstić information content (AvgIpc) is 3.32. The van der Waals surface area contributed by atoms with E-state index in [1.54, 1.807) is 31.4 Å². The number of methoxy groups -OCH3 is 1. The maximum absolute atomic E-state index is 12.8. The third-order valence-corrected chi connectivity index (χ3v) is 6.71. The van der Waals surface area contributed by atoms with Gasteiger partial charge in [-0.1, -0.05) is 35.1 Å². The first-order valence-electron chi connectivity index (χ1n) is 10.3. The van der Waals surface area contributed by atoms with Gasteiger partial charge in [0.15, 0.2) is 0 Å². The molecule has 1 fully saturated rings. The number of aromatic nitrogens is 2. The van der Waals surface area contributed by atoms with Crippen LogP contribution >= 0.6 is 22.9 Å². The van der Waals surface area contributed by atoms with Gasteiger partial charge in [-0.3, -0.25) is 9.59 Å². The first-order valence-corrected chi connectivity index (χ1v) is 11.5. The van der Waals surface area contributed by atoms with Crippen LogP contribution in [0.4, 0.5) is 5.69 Å². The number of benzene rings is 2. The van der Waals surface area contributed by atoms with Gasteiger partial charge in [0, 0.05) is 29.7 Å². The molecule has 1 aliphatic heterocycles. The molecule has 0 aliphatic carbocycles. The van der Waals surface area contributed by atoms with Gasteiger partial charge in [-0.15, -0.1) is 10.2 Å². The van der Waals surface area contributed by atoms with Crippen LogP contribution in [-0.4, -0.2) is 47.1 Å². The Hall–Kier alpha value is -2.97. The van der Waals surface area contributed by atoms with E-state index in [1.165, 1.54) is 11.3 Å². The number of piperidine rings is 1. The van der Waals surface area contributed by atoms with E-state index < -0.39 is 0 Å². The van der Waals surface area contributed by atoms with Gasteiger partial charge in [0.25, 0.3) is 5.91 Å². The van der Waals surface area contributed by atoms with Crippen molar-refractivity contribution in [2.75, 3.05) is 25.5 Å². The zero-order valence-corrected chi connectivity index (χ0v) is 19.2. The van der Waals surface area contributed by atoms with Gasteiger partial charge in [-0.05, 0) is 54.8 Å². The summed E-state index contributed by atoms with van der Waals surface area (Å²) in [7, 11) is 1.62. The highest BCUT2D eigenvalue weighted by Crippen LogP contribution is 2.30. The molecule has 2 amide bonds. The van der Waals surface area contributed by atoms with Crippen molar-refractivity contribution < 1.29 is 14.3 Å². The number of rotatable bonds is 6. The van der Waals surface area contributed by atoms with Crippen LogP contribution < -0.4 is 10.1 Å². The van der Waals surface area contributed by atoms with E-state index in [1.807, 2.05) is 29.2 Å². The third kappa shape index (κ3) is 5.44. The normalized spacial score (nSPS) is 15.9. The fourth-order valence-electron chi connectivity index (χ4n) is 3.64. The zero-order chi connectivity index (χ0) is 22.5. The van der Waals surface area contributed by atoms with Gasteiger partial charge < -0.3 is 15.0 Å². The smallest absolute Gasteiger partial charge is 0.286 e. The Morgan fingerprint density at radius 2 is 1.91 bits per heavy atom. The van der Waals surface area contributed by atoms with Crippen LogP contribution in [0.3, 0.4) is 0 Å². The van der Waals surface area contributed by atoms with E-state index in [0.717, 1.165) is 35.7 Å². The Balaban J connectivity index is 1.36. The summed E-state index contributed by atoms with van der Waals surface area (Å²) in [5.74, 6) is 0.633. The minimum Gasteiger partial charge on any atom is -0.497 e. The van der Waals surface area contributed by atoms with Gasteiger partial charge in [0.1, 0.15) is 10.8 Å². The second kappa shape index (κ2) is 10.1. The Bertz CT molecular complexity index is 1090. The summed E-state index contributed by atoms with van der Waals surface area (Å²) in [4.78, 5) is 27.2. The number of ether oxygens (including phenoxy) is 1. The molecule has 0 unspecified atom stereocenters. The first kappa shape index (κ1) is 22.2. The Morgan fingerprint density at radius 1 is 1.16 bits per heavy atom. The largest absolute Gasteiger partial charge is 0.497 e. The number of amides is 2. The maximum Gasteiger partial charge on any atom is 0.286 e. The lowest BCUT2D eigenvalue weighted by Crippen LogP contribution is -2.39. The second-order valence-electron chi connectivity index (χ2n) is 7.61. The topological polar surface area (TPSA) is 84.4 Å². The summed E-state index contributed by atoms with van der Waals surface area (Å²) in [6.07, 6.45) is 2.16. The highest BCUT2D eigenvalue weighted by molar-refractivity contribution is 7.13. The van der Waals surface area contributed by atoms with Crippen LogP contribution in [0.2, 0.25) is 5.02 Å². The van der Waals surface area contributed by atoms with E-state index in [2.05, 4.69) is 15.5 Å². The van der Waals surface area contributed by atoms with Crippen molar-refractivity contribution in [1.29, 1.82) is 0 Å². The number of nitrogens with one attached hydrogen (secondary N) is 1. The van der Waals surface area contributed by atoms with E-state index in [0.29, 0.717) is 28.7 Å². The lowest BCUT2D eigenvalue weighted by Gasteiger charge is -2.31. The zero-order valence-electron chi connectivity index (χ0n) is 17.6. The predicted octanol–water partition coefficient (Wildman–Crippen LogP) is 4.40. The van der Waals surface area contributed by atoms with E-state index in [-0.39, 0.29) is 17.7 Å². The van der Waals surface area contributed by atoms with Gasteiger partial charge in [-0.2, -0.15) is 0 Å². The predicted molar refractivity (Wildman–Crippen MR) is 125 cm³/mol. The van der Waals surface area contributed by atoms with Crippen molar-refractivity contribution in [3.63, 3.8) is 0 Å². The summed E-state index contributed by atoms with van der Waals surface area (Å²) in [6.45, 7) is 1.32. The quantitative estimate of drug-likeness (QED) is 0.577. The molecule has 9 heteroatoms. The van der Waals surface area contributed by atoms with Crippen molar-refractivity contribution in [2.45, 2.75) is 25.2 Å². The Labute approximate surface area is 195 Å². The molecule has 166 valence electrons. The summed E-state index contributed by atoms with van der Waals surface area (Å²) < 4.78 is 5.17. The first-order chi connectivity index (χ1) is 15.5. The van der Waals surface area contributed by atoms with Crippen LogP contribution in [0.15, 0.2) is 48.5 Å². The number of hydrogen-bond acceptors (Lipinski definition) is 6. The fourth-order valence-corrected chi connectivity index (χ4v) is 4.63. The Kier molecular flexibility index (Phi) is 7.02. The van der Waals surface area contributed by atoms with Crippen LogP contribution in [-0.2, 0) is 11.2 Å². The number of anilines is 1. The lowest BCUT2D eigenvalue weighted by molar-refractivity contribution is -0.131. The molecule has 2 heterocycles. The molecule has 1 aliphatic rings. The fraction of sp³-hybridized carbons (Fsp3) is 0.304. The number of halogens is 1.